The third kappa shape index (κ3) is 4.55. The predicted octanol–water partition coefficient (Wildman–Crippen LogP) is 6.83. The third-order valence-electron chi connectivity index (χ3n) is 3.99. The van der Waals surface area contributed by atoms with E-state index < -0.39 is 23.7 Å². The number of rotatable bonds is 4. The van der Waals surface area contributed by atoms with Crippen molar-refractivity contribution in [3.05, 3.63) is 72.4 Å². The molecule has 2 aromatic carbocycles. The van der Waals surface area contributed by atoms with Gasteiger partial charge in [-0.3, -0.25) is 0 Å². The Morgan fingerprint density at radius 2 is 1.06 bits per heavy atom. The molecule has 0 unspecified atom stereocenters. The van der Waals surface area contributed by atoms with Crippen LogP contribution in [0, 0.1) is 0 Å². The summed E-state index contributed by atoms with van der Waals surface area (Å²) in [5, 5.41) is 0. The first kappa shape index (κ1) is 20.5. The first-order valence-corrected chi connectivity index (χ1v) is 8.54. The van der Waals surface area contributed by atoms with Crippen molar-refractivity contribution in [3.8, 4) is 34.4 Å². The van der Waals surface area contributed by atoms with Crippen molar-refractivity contribution in [2.75, 3.05) is 0 Å². The second kappa shape index (κ2) is 7.49. The summed E-state index contributed by atoms with van der Waals surface area (Å²) in [4.78, 5) is 6.83. The van der Waals surface area contributed by atoms with E-state index >= 15 is 0 Å². The highest BCUT2D eigenvalue weighted by Gasteiger charge is 2.35. The van der Waals surface area contributed by atoms with Crippen LogP contribution in [-0.2, 0) is 12.4 Å². The first-order chi connectivity index (χ1) is 14.6. The van der Waals surface area contributed by atoms with Gasteiger partial charge in [0.25, 0.3) is 0 Å². The Labute approximate surface area is 169 Å². The van der Waals surface area contributed by atoms with Crippen LogP contribution in [0.15, 0.2) is 69.9 Å². The van der Waals surface area contributed by atoms with E-state index in [0.29, 0.717) is 12.5 Å². The number of hydrogen-bond donors (Lipinski definition) is 0. The molecule has 4 aromatic rings. The molecular formula is C20H10F6N2O3. The molecule has 0 saturated carbocycles. The fourth-order valence-corrected chi connectivity index (χ4v) is 2.59. The highest BCUT2D eigenvalue weighted by atomic mass is 19.4. The Morgan fingerprint density at radius 3 is 1.42 bits per heavy atom. The molecule has 0 spiro atoms. The molecule has 0 radical (unpaired) electrons. The smallest absolute Gasteiger partial charge is 0.436 e. The minimum atomic E-state index is -4.64. The molecule has 0 aliphatic carbocycles. The van der Waals surface area contributed by atoms with E-state index in [1.165, 1.54) is 48.5 Å². The van der Waals surface area contributed by atoms with Crippen LogP contribution in [0.3, 0.4) is 0 Å². The van der Waals surface area contributed by atoms with Gasteiger partial charge in [0.2, 0.25) is 11.8 Å². The van der Waals surface area contributed by atoms with E-state index in [9.17, 15) is 26.3 Å². The number of halogens is 6. The number of alkyl halides is 6. The Hall–Kier alpha value is -3.76. The largest absolute Gasteiger partial charge is 0.457 e. The summed E-state index contributed by atoms with van der Waals surface area (Å²) in [5.41, 5.74) is -1.84. The quantitative estimate of drug-likeness (QED) is 0.326. The van der Waals surface area contributed by atoms with Crippen LogP contribution in [0.4, 0.5) is 26.3 Å². The summed E-state index contributed by atoms with van der Waals surface area (Å²) < 4.78 is 91.7. The zero-order valence-electron chi connectivity index (χ0n) is 15.2. The summed E-state index contributed by atoms with van der Waals surface area (Å²) >= 11 is 0. The maximum absolute atomic E-state index is 12.7. The van der Waals surface area contributed by atoms with Crippen LogP contribution >= 0.6 is 0 Å². The molecule has 11 heteroatoms. The van der Waals surface area contributed by atoms with Gasteiger partial charge < -0.3 is 13.6 Å². The average Bonchev–Trinajstić information content (AvgIpc) is 3.38. The molecule has 0 N–H and O–H groups in total. The standard InChI is InChI=1S/C20H10F6N2O3/c21-19(22,23)15-9-29-17(27-15)11-3-1-5-13(7-11)31-14-6-2-4-12(8-14)18-28-16(10-30-18)20(24,25)26/h1-10H. The Morgan fingerprint density at radius 1 is 0.645 bits per heavy atom. The summed E-state index contributed by atoms with van der Waals surface area (Å²) in [6, 6.07) is 11.9. The third-order valence-corrected chi connectivity index (χ3v) is 3.99. The van der Waals surface area contributed by atoms with E-state index in [0.717, 1.165) is 0 Å². The van der Waals surface area contributed by atoms with Gasteiger partial charge in [0.1, 0.15) is 24.0 Å². The Balaban J connectivity index is 1.56. The van der Waals surface area contributed by atoms with Crippen molar-refractivity contribution < 1.29 is 39.9 Å². The number of oxazole rings is 2. The van der Waals surface area contributed by atoms with E-state index in [1.807, 2.05) is 0 Å². The number of benzene rings is 2. The van der Waals surface area contributed by atoms with E-state index in [2.05, 4.69) is 9.97 Å². The van der Waals surface area contributed by atoms with Gasteiger partial charge in [0.05, 0.1) is 0 Å². The molecule has 160 valence electrons. The van der Waals surface area contributed by atoms with Crippen molar-refractivity contribution in [3.63, 3.8) is 0 Å². The van der Waals surface area contributed by atoms with Crippen molar-refractivity contribution >= 4 is 0 Å². The molecule has 0 saturated heterocycles. The lowest BCUT2D eigenvalue weighted by Crippen LogP contribution is -2.04. The SMILES string of the molecule is FC(F)(F)c1coc(-c2cccc(Oc3cccc(-c4nc(C(F)(F)F)co4)c3)c2)n1. The minimum Gasteiger partial charge on any atom is -0.457 e. The molecule has 0 aliphatic rings. The summed E-state index contributed by atoms with van der Waals surface area (Å²) in [6.07, 6.45) is -8.25. The lowest BCUT2D eigenvalue weighted by atomic mass is 10.2. The molecule has 5 nitrogen and oxygen atoms in total. The van der Waals surface area contributed by atoms with Crippen LogP contribution < -0.4 is 4.74 Å². The maximum Gasteiger partial charge on any atom is 0.436 e. The average molecular weight is 440 g/mol. The second-order valence-corrected chi connectivity index (χ2v) is 6.23. The van der Waals surface area contributed by atoms with Gasteiger partial charge in [-0.15, -0.1) is 0 Å². The normalized spacial score (nSPS) is 12.2. The fraction of sp³-hybridized carbons (Fsp3) is 0.100. The van der Waals surface area contributed by atoms with Crippen LogP contribution in [0.25, 0.3) is 22.9 Å². The molecule has 2 aromatic heterocycles. The Kier molecular flexibility index (Phi) is 4.96. The molecule has 0 atom stereocenters. The van der Waals surface area contributed by atoms with Gasteiger partial charge in [-0.1, -0.05) is 12.1 Å². The molecule has 0 fully saturated rings. The zero-order chi connectivity index (χ0) is 22.2. The maximum atomic E-state index is 12.7. The van der Waals surface area contributed by atoms with Crippen LogP contribution in [0.5, 0.6) is 11.5 Å². The van der Waals surface area contributed by atoms with Crippen molar-refractivity contribution in [1.82, 2.24) is 9.97 Å². The first-order valence-electron chi connectivity index (χ1n) is 8.54. The number of nitrogens with zero attached hydrogens (tertiary/aromatic N) is 2. The number of hydrogen-bond acceptors (Lipinski definition) is 5. The van der Waals surface area contributed by atoms with Gasteiger partial charge in [-0.2, -0.15) is 26.3 Å². The van der Waals surface area contributed by atoms with E-state index in [4.69, 9.17) is 13.6 Å². The van der Waals surface area contributed by atoms with Gasteiger partial charge in [-0.05, 0) is 36.4 Å². The van der Waals surface area contributed by atoms with Crippen molar-refractivity contribution in [2.45, 2.75) is 12.4 Å². The predicted molar refractivity (Wildman–Crippen MR) is 94.0 cm³/mol. The number of ether oxygens (including phenoxy) is 1. The molecule has 2 heterocycles. The van der Waals surface area contributed by atoms with Crippen LogP contribution in [-0.4, -0.2) is 9.97 Å². The van der Waals surface area contributed by atoms with Gasteiger partial charge in [0, 0.05) is 11.1 Å². The molecule has 0 aliphatic heterocycles. The monoisotopic (exact) mass is 440 g/mol. The highest BCUT2D eigenvalue weighted by molar-refractivity contribution is 5.58. The Bertz CT molecular complexity index is 1120. The van der Waals surface area contributed by atoms with Crippen LogP contribution in [0.1, 0.15) is 11.4 Å². The number of aromatic nitrogens is 2. The zero-order valence-corrected chi connectivity index (χ0v) is 15.2. The minimum absolute atomic E-state index is 0.241. The molecule has 4 rings (SSSR count). The van der Waals surface area contributed by atoms with E-state index in [1.54, 1.807) is 0 Å². The fourth-order valence-electron chi connectivity index (χ4n) is 2.59. The topological polar surface area (TPSA) is 61.3 Å². The molecule has 0 amide bonds. The van der Waals surface area contributed by atoms with Crippen LogP contribution in [0.2, 0.25) is 0 Å². The van der Waals surface area contributed by atoms with Gasteiger partial charge in [-0.25, -0.2) is 9.97 Å². The highest BCUT2D eigenvalue weighted by Crippen LogP contribution is 2.34. The summed E-state index contributed by atoms with van der Waals surface area (Å²) in [7, 11) is 0. The summed E-state index contributed by atoms with van der Waals surface area (Å²) in [5.74, 6) is -0.00781. The van der Waals surface area contributed by atoms with Gasteiger partial charge in [0.15, 0.2) is 11.4 Å². The van der Waals surface area contributed by atoms with E-state index in [-0.39, 0.29) is 34.4 Å². The lowest BCUT2D eigenvalue weighted by molar-refractivity contribution is -0.142. The van der Waals surface area contributed by atoms with Crippen molar-refractivity contribution in [2.24, 2.45) is 0 Å². The lowest BCUT2D eigenvalue weighted by Gasteiger charge is -2.07. The molecule has 0 bridgehead atoms. The van der Waals surface area contributed by atoms with Crippen molar-refractivity contribution in [1.29, 1.82) is 0 Å². The molecule has 31 heavy (non-hydrogen) atoms. The summed E-state index contributed by atoms with van der Waals surface area (Å²) in [6.45, 7) is 0. The second-order valence-electron chi connectivity index (χ2n) is 6.23. The van der Waals surface area contributed by atoms with Gasteiger partial charge >= 0.3 is 12.4 Å². The molecular weight excluding hydrogens is 430 g/mol.